The average Bonchev–Trinajstić information content (AvgIpc) is 2.78. The summed E-state index contributed by atoms with van der Waals surface area (Å²) in [5.41, 5.74) is 2.18. The van der Waals surface area contributed by atoms with Gasteiger partial charge >= 0.3 is 5.97 Å². The molecular weight excluding hydrogens is 410 g/mol. The number of carbonyl (C=O) groups excluding carboxylic acids is 1. The van der Waals surface area contributed by atoms with Gasteiger partial charge in [-0.05, 0) is 69.5 Å². The standard InChI is InChI=1S/C25H27NO4S/c1-3-30-25(27)22-15-13-21(14-16-22)8-7-19-26(23-9-5-4-6-10-23)31(28,29)24-17-11-20(2)12-18-24/h5,9,11-18,23H,3-4,6,10,19H2,1-2H3. The Balaban J connectivity index is 1.82. The molecule has 1 unspecified atom stereocenters. The van der Waals surface area contributed by atoms with Crippen LogP contribution in [-0.2, 0) is 14.8 Å². The predicted octanol–water partition coefficient (Wildman–Crippen LogP) is 4.32. The van der Waals surface area contributed by atoms with E-state index in [1.54, 1.807) is 55.5 Å². The van der Waals surface area contributed by atoms with Crippen LogP contribution in [0.2, 0.25) is 0 Å². The monoisotopic (exact) mass is 437 g/mol. The molecule has 31 heavy (non-hydrogen) atoms. The minimum absolute atomic E-state index is 0.0881. The molecule has 0 saturated carbocycles. The molecule has 162 valence electrons. The van der Waals surface area contributed by atoms with Gasteiger partial charge in [0.15, 0.2) is 0 Å². The van der Waals surface area contributed by atoms with Crippen LogP contribution < -0.4 is 0 Å². The van der Waals surface area contributed by atoms with Crippen LogP contribution in [0.25, 0.3) is 0 Å². The fourth-order valence-electron chi connectivity index (χ4n) is 3.38. The van der Waals surface area contributed by atoms with Gasteiger partial charge in [0.05, 0.1) is 23.6 Å². The molecule has 0 bridgehead atoms. The zero-order valence-electron chi connectivity index (χ0n) is 17.9. The van der Waals surface area contributed by atoms with E-state index in [0.717, 1.165) is 24.8 Å². The van der Waals surface area contributed by atoms with Crippen molar-refractivity contribution in [2.45, 2.75) is 44.0 Å². The largest absolute Gasteiger partial charge is 0.462 e. The van der Waals surface area contributed by atoms with Gasteiger partial charge in [0.1, 0.15) is 0 Å². The molecule has 6 heteroatoms. The second-order valence-electron chi connectivity index (χ2n) is 7.39. The molecule has 2 aromatic rings. The highest BCUT2D eigenvalue weighted by atomic mass is 32.2. The molecule has 1 aliphatic rings. The quantitative estimate of drug-likeness (QED) is 0.384. The fourth-order valence-corrected chi connectivity index (χ4v) is 4.90. The van der Waals surface area contributed by atoms with Crippen LogP contribution >= 0.6 is 0 Å². The minimum atomic E-state index is -3.68. The normalized spacial score (nSPS) is 15.9. The second kappa shape index (κ2) is 10.4. The van der Waals surface area contributed by atoms with Gasteiger partial charge in [-0.25, -0.2) is 13.2 Å². The Bertz CT molecular complexity index is 1090. The fraction of sp³-hybridized carbons (Fsp3) is 0.320. The summed E-state index contributed by atoms with van der Waals surface area (Å²) in [6.07, 6.45) is 6.69. The first-order valence-electron chi connectivity index (χ1n) is 10.4. The van der Waals surface area contributed by atoms with Gasteiger partial charge in [0.2, 0.25) is 10.0 Å². The Kier molecular flexibility index (Phi) is 7.67. The first kappa shape index (κ1) is 22.8. The zero-order chi connectivity index (χ0) is 22.3. The van der Waals surface area contributed by atoms with E-state index in [-0.39, 0.29) is 23.5 Å². The lowest BCUT2D eigenvalue weighted by atomic mass is 10.0. The Morgan fingerprint density at radius 2 is 1.84 bits per heavy atom. The van der Waals surface area contributed by atoms with Gasteiger partial charge in [-0.2, -0.15) is 4.31 Å². The maximum Gasteiger partial charge on any atom is 0.338 e. The van der Waals surface area contributed by atoms with Gasteiger partial charge in [-0.1, -0.05) is 41.7 Å². The summed E-state index contributed by atoms with van der Waals surface area (Å²) in [6, 6.07) is 13.5. The van der Waals surface area contributed by atoms with Crippen molar-refractivity contribution in [3.63, 3.8) is 0 Å². The Morgan fingerprint density at radius 3 is 2.45 bits per heavy atom. The molecule has 0 saturated heterocycles. The van der Waals surface area contributed by atoms with Crippen LogP contribution in [-0.4, -0.2) is 37.9 Å². The van der Waals surface area contributed by atoms with Crippen LogP contribution in [0.3, 0.4) is 0 Å². The number of ether oxygens (including phenoxy) is 1. The first-order chi connectivity index (χ1) is 14.9. The van der Waals surface area contributed by atoms with Crippen molar-refractivity contribution < 1.29 is 17.9 Å². The molecule has 0 radical (unpaired) electrons. The van der Waals surface area contributed by atoms with E-state index in [1.807, 2.05) is 19.1 Å². The molecule has 0 spiro atoms. The van der Waals surface area contributed by atoms with Crippen molar-refractivity contribution in [1.82, 2.24) is 4.31 Å². The van der Waals surface area contributed by atoms with Crippen molar-refractivity contribution in [2.24, 2.45) is 0 Å². The van der Waals surface area contributed by atoms with Gasteiger partial charge < -0.3 is 4.74 Å². The Hall–Kier alpha value is -2.88. The van der Waals surface area contributed by atoms with Crippen molar-refractivity contribution >= 4 is 16.0 Å². The van der Waals surface area contributed by atoms with E-state index in [1.165, 1.54) is 4.31 Å². The summed E-state index contributed by atoms with van der Waals surface area (Å²) in [7, 11) is -3.68. The highest BCUT2D eigenvalue weighted by Crippen LogP contribution is 2.24. The maximum atomic E-state index is 13.3. The van der Waals surface area contributed by atoms with E-state index >= 15 is 0 Å². The second-order valence-corrected chi connectivity index (χ2v) is 9.28. The number of hydrogen-bond donors (Lipinski definition) is 0. The molecule has 0 aromatic heterocycles. The molecule has 0 N–H and O–H groups in total. The molecule has 1 aliphatic carbocycles. The van der Waals surface area contributed by atoms with E-state index in [9.17, 15) is 13.2 Å². The van der Waals surface area contributed by atoms with E-state index in [2.05, 4.69) is 11.8 Å². The highest BCUT2D eigenvalue weighted by Gasteiger charge is 2.30. The van der Waals surface area contributed by atoms with Crippen LogP contribution in [0.1, 0.15) is 47.7 Å². The third kappa shape index (κ3) is 5.84. The molecule has 2 aromatic carbocycles. The number of aryl methyl sites for hydroxylation is 1. The molecular formula is C25H27NO4S. The lowest BCUT2D eigenvalue weighted by molar-refractivity contribution is 0.0526. The molecule has 1 atom stereocenters. The van der Waals surface area contributed by atoms with Crippen LogP contribution in [0.5, 0.6) is 0 Å². The summed E-state index contributed by atoms with van der Waals surface area (Å²) in [5, 5.41) is 0. The van der Waals surface area contributed by atoms with Gasteiger partial charge in [0, 0.05) is 11.6 Å². The number of hydrogen-bond acceptors (Lipinski definition) is 4. The number of nitrogens with zero attached hydrogens (tertiary/aromatic N) is 1. The van der Waals surface area contributed by atoms with E-state index < -0.39 is 10.0 Å². The van der Waals surface area contributed by atoms with E-state index in [0.29, 0.717) is 17.7 Å². The number of carbonyl (C=O) groups is 1. The van der Waals surface area contributed by atoms with Gasteiger partial charge in [0.25, 0.3) is 0 Å². The number of sulfonamides is 1. The molecule has 3 rings (SSSR count). The summed E-state index contributed by atoms with van der Waals surface area (Å²) in [4.78, 5) is 12.0. The molecule has 0 aliphatic heterocycles. The van der Waals surface area contributed by atoms with Gasteiger partial charge in [-0.3, -0.25) is 0 Å². The number of allylic oxidation sites excluding steroid dienone is 1. The van der Waals surface area contributed by atoms with Crippen molar-refractivity contribution in [3.8, 4) is 11.8 Å². The highest BCUT2D eigenvalue weighted by molar-refractivity contribution is 7.89. The minimum Gasteiger partial charge on any atom is -0.462 e. The van der Waals surface area contributed by atoms with Crippen molar-refractivity contribution in [2.75, 3.05) is 13.2 Å². The van der Waals surface area contributed by atoms with Gasteiger partial charge in [-0.15, -0.1) is 0 Å². The van der Waals surface area contributed by atoms with Crippen LogP contribution in [0.15, 0.2) is 65.6 Å². The summed E-state index contributed by atoms with van der Waals surface area (Å²) in [5.74, 6) is 5.65. The third-order valence-electron chi connectivity index (χ3n) is 5.09. The first-order valence-corrected chi connectivity index (χ1v) is 11.9. The third-order valence-corrected chi connectivity index (χ3v) is 6.98. The lowest BCUT2D eigenvalue weighted by Crippen LogP contribution is -2.40. The lowest BCUT2D eigenvalue weighted by Gasteiger charge is -2.29. The number of esters is 1. The van der Waals surface area contributed by atoms with Crippen LogP contribution in [0.4, 0.5) is 0 Å². The molecule has 0 amide bonds. The molecule has 0 fully saturated rings. The smallest absolute Gasteiger partial charge is 0.338 e. The average molecular weight is 438 g/mol. The summed E-state index contributed by atoms with van der Waals surface area (Å²) in [6.45, 7) is 4.10. The van der Waals surface area contributed by atoms with Crippen molar-refractivity contribution in [3.05, 3.63) is 77.4 Å². The Morgan fingerprint density at radius 1 is 1.13 bits per heavy atom. The molecule has 0 heterocycles. The van der Waals surface area contributed by atoms with Crippen LogP contribution in [0, 0.1) is 18.8 Å². The predicted molar refractivity (Wildman–Crippen MR) is 121 cm³/mol. The van der Waals surface area contributed by atoms with E-state index in [4.69, 9.17) is 4.74 Å². The number of rotatable bonds is 6. The van der Waals surface area contributed by atoms with Crippen molar-refractivity contribution in [1.29, 1.82) is 0 Å². The topological polar surface area (TPSA) is 63.7 Å². The summed E-state index contributed by atoms with van der Waals surface area (Å²) < 4.78 is 33.1. The SMILES string of the molecule is CCOC(=O)c1ccc(C#CCN(C2C=CCCC2)S(=O)(=O)c2ccc(C)cc2)cc1. The summed E-state index contributed by atoms with van der Waals surface area (Å²) >= 11 is 0. The molecule has 5 nitrogen and oxygen atoms in total. The number of benzene rings is 2. The maximum absolute atomic E-state index is 13.3. The Labute approximate surface area is 184 Å². The zero-order valence-corrected chi connectivity index (χ0v) is 18.7.